The lowest BCUT2D eigenvalue weighted by Crippen LogP contribution is -2.57. The van der Waals surface area contributed by atoms with Crippen molar-refractivity contribution in [3.05, 3.63) is 68.8 Å². The standard InChI is InChI=1S/C35H56O4.H4O5P2/c1-22-15-24(30(3,4)5)28(25(16-22)31(6,7)8)35(39,34(19-36,20-37)21-38)29-26(32(9,10)11)17-23(2)18-27(29)33(12,13)14;1-6(2)5-7(3)4/h15-18,36-39H,19-21H2,1-14H3;6-7H,(H,1,2)(H,3,4). The van der Waals surface area contributed by atoms with Gasteiger partial charge in [-0.05, 0) is 68.9 Å². The van der Waals surface area contributed by atoms with E-state index >= 15 is 0 Å². The van der Waals surface area contributed by atoms with E-state index in [0.29, 0.717) is 11.1 Å². The summed E-state index contributed by atoms with van der Waals surface area (Å²) in [6.45, 7) is 27.9. The SMILES string of the molecule is Cc1cc(C(C)(C)C)c(C(O)(c2c(C(C)(C)C)cc(C)cc2C(C)(C)C)C(CO)(CO)CO)c(C(C)(C)C)c1.O=[PH](O)O[PH](=O)O. The zero-order valence-electron chi connectivity index (χ0n) is 30.3. The minimum atomic E-state index is -3.20. The zero-order chi connectivity index (χ0) is 36.4. The predicted molar refractivity (Wildman–Crippen MR) is 187 cm³/mol. The van der Waals surface area contributed by atoms with Gasteiger partial charge in [-0.25, -0.2) is 4.31 Å². The van der Waals surface area contributed by atoms with Crippen LogP contribution in [0.15, 0.2) is 24.3 Å². The predicted octanol–water partition coefficient (Wildman–Crippen LogP) is 6.46. The maximum Gasteiger partial charge on any atom is 0.323 e. The van der Waals surface area contributed by atoms with E-state index in [4.69, 9.17) is 9.79 Å². The molecule has 0 spiro atoms. The van der Waals surface area contributed by atoms with E-state index < -0.39 is 47.3 Å². The molecule has 0 saturated heterocycles. The molecule has 2 aromatic carbocycles. The first kappa shape index (κ1) is 42.6. The molecule has 0 amide bonds. The number of aliphatic hydroxyl groups excluding tert-OH is 3. The van der Waals surface area contributed by atoms with Crippen LogP contribution in [0.2, 0.25) is 0 Å². The Bertz CT molecular complexity index is 1230. The van der Waals surface area contributed by atoms with Gasteiger partial charge in [-0.15, -0.1) is 0 Å². The Balaban J connectivity index is 0.00000135. The molecular weight excluding hydrogens is 626 g/mol. The van der Waals surface area contributed by atoms with Crippen molar-refractivity contribution in [2.24, 2.45) is 5.41 Å². The van der Waals surface area contributed by atoms with Crippen molar-refractivity contribution in [2.45, 2.75) is 124 Å². The molecule has 2 unspecified atom stereocenters. The maximum atomic E-state index is 13.7. The number of aryl methyl sites for hydroxylation is 2. The van der Waals surface area contributed by atoms with Crippen molar-refractivity contribution >= 4 is 16.5 Å². The van der Waals surface area contributed by atoms with Gasteiger partial charge < -0.3 is 30.2 Å². The molecule has 0 aliphatic carbocycles. The lowest BCUT2D eigenvalue weighted by atomic mass is 9.56. The number of aliphatic hydroxyl groups is 4. The van der Waals surface area contributed by atoms with Crippen LogP contribution in [0.5, 0.6) is 0 Å². The summed E-state index contributed by atoms with van der Waals surface area (Å²) in [6.07, 6.45) is 0. The quantitative estimate of drug-likeness (QED) is 0.171. The molecule has 2 aromatic rings. The Morgan fingerprint density at radius 3 is 0.891 bits per heavy atom. The Labute approximate surface area is 278 Å². The molecule has 2 rings (SSSR count). The van der Waals surface area contributed by atoms with Crippen LogP contribution in [0.25, 0.3) is 0 Å². The minimum absolute atomic E-state index is 0.379. The van der Waals surface area contributed by atoms with Gasteiger partial charge >= 0.3 is 16.5 Å². The zero-order valence-corrected chi connectivity index (χ0v) is 32.3. The van der Waals surface area contributed by atoms with Crippen LogP contribution in [0, 0.1) is 19.3 Å². The molecule has 0 heterocycles. The molecule has 0 radical (unpaired) electrons. The lowest BCUT2D eigenvalue weighted by Gasteiger charge is -2.52. The molecule has 11 heteroatoms. The first-order valence-electron chi connectivity index (χ1n) is 15.6. The summed E-state index contributed by atoms with van der Waals surface area (Å²) in [4.78, 5) is 15.4. The molecule has 0 aliphatic rings. The van der Waals surface area contributed by atoms with Gasteiger partial charge in [0.05, 0.1) is 25.2 Å². The van der Waals surface area contributed by atoms with Crippen LogP contribution in [0.1, 0.15) is 128 Å². The van der Waals surface area contributed by atoms with Crippen LogP contribution in [0.4, 0.5) is 0 Å². The van der Waals surface area contributed by atoms with Crippen molar-refractivity contribution in [1.29, 1.82) is 0 Å². The van der Waals surface area contributed by atoms with E-state index in [0.717, 1.165) is 33.4 Å². The maximum absolute atomic E-state index is 13.7. The third-order valence-corrected chi connectivity index (χ3v) is 9.77. The van der Waals surface area contributed by atoms with E-state index in [9.17, 15) is 29.6 Å². The van der Waals surface area contributed by atoms with Crippen molar-refractivity contribution in [3.63, 3.8) is 0 Å². The van der Waals surface area contributed by atoms with Gasteiger partial charge in [0, 0.05) is 0 Å². The van der Waals surface area contributed by atoms with Gasteiger partial charge in [-0.3, -0.25) is 9.13 Å². The Hall–Kier alpha value is -1.38. The number of hydrogen-bond donors (Lipinski definition) is 6. The molecule has 0 aromatic heterocycles. The van der Waals surface area contributed by atoms with Crippen molar-refractivity contribution in [1.82, 2.24) is 0 Å². The highest BCUT2D eigenvalue weighted by molar-refractivity contribution is 7.46. The summed E-state index contributed by atoms with van der Waals surface area (Å²) in [5.41, 5.74) is 2.15. The van der Waals surface area contributed by atoms with Crippen LogP contribution >= 0.6 is 16.5 Å². The molecule has 0 fully saturated rings. The topological polar surface area (TPSA) is 165 Å². The molecular formula is C35H60O9P2. The van der Waals surface area contributed by atoms with Gasteiger partial charge in [0.25, 0.3) is 0 Å². The summed E-state index contributed by atoms with van der Waals surface area (Å²) in [7, 11) is -6.40. The van der Waals surface area contributed by atoms with Crippen LogP contribution in [-0.2, 0) is 40.7 Å². The fraction of sp³-hybridized carbons (Fsp3) is 0.657. The molecule has 0 bridgehead atoms. The number of rotatable bonds is 8. The minimum Gasteiger partial charge on any atom is -0.395 e. The second-order valence-electron chi connectivity index (χ2n) is 16.6. The molecule has 2 atom stereocenters. The fourth-order valence-electron chi connectivity index (χ4n) is 5.94. The molecule has 9 nitrogen and oxygen atoms in total. The highest BCUT2D eigenvalue weighted by atomic mass is 31.2. The molecule has 6 N–H and O–H groups in total. The van der Waals surface area contributed by atoms with Crippen molar-refractivity contribution in [3.8, 4) is 0 Å². The third-order valence-electron chi connectivity index (χ3n) is 8.37. The normalized spacial score (nSPS) is 14.9. The molecule has 46 heavy (non-hydrogen) atoms. The average Bonchev–Trinajstić information content (AvgIpc) is 2.86. The van der Waals surface area contributed by atoms with E-state index in [1.165, 1.54) is 0 Å². The Kier molecular flexibility index (Phi) is 13.9. The Morgan fingerprint density at radius 2 is 0.761 bits per heavy atom. The summed E-state index contributed by atoms with van der Waals surface area (Å²) < 4.78 is 22.3. The second kappa shape index (κ2) is 15.0. The van der Waals surface area contributed by atoms with Gasteiger partial charge in [-0.1, -0.05) is 118 Å². The van der Waals surface area contributed by atoms with Gasteiger partial charge in [0.2, 0.25) is 0 Å². The van der Waals surface area contributed by atoms with Crippen LogP contribution < -0.4 is 0 Å². The van der Waals surface area contributed by atoms with E-state index in [-0.39, 0.29) is 21.7 Å². The van der Waals surface area contributed by atoms with Crippen molar-refractivity contribution in [2.75, 3.05) is 19.8 Å². The molecule has 0 aliphatic heterocycles. The largest absolute Gasteiger partial charge is 0.395 e. The van der Waals surface area contributed by atoms with Crippen LogP contribution in [0.3, 0.4) is 0 Å². The fourth-order valence-corrected chi connectivity index (χ4v) is 6.54. The third kappa shape index (κ3) is 9.40. The monoisotopic (exact) mass is 686 g/mol. The lowest BCUT2D eigenvalue weighted by molar-refractivity contribution is -0.138. The summed E-state index contributed by atoms with van der Waals surface area (Å²) in [6, 6.07) is 8.48. The highest BCUT2D eigenvalue weighted by Crippen LogP contribution is 2.55. The van der Waals surface area contributed by atoms with Gasteiger partial charge in [0.15, 0.2) is 0 Å². The summed E-state index contributed by atoms with van der Waals surface area (Å²) >= 11 is 0. The first-order chi connectivity index (χ1) is 20.5. The van der Waals surface area contributed by atoms with Gasteiger partial charge in [0.1, 0.15) is 5.60 Å². The smallest absolute Gasteiger partial charge is 0.323 e. The molecule has 0 saturated carbocycles. The second-order valence-corrected chi connectivity index (χ2v) is 18.4. The number of hydrogen-bond acceptors (Lipinski definition) is 7. The Morgan fingerprint density at radius 1 is 0.543 bits per heavy atom. The number of benzene rings is 2. The summed E-state index contributed by atoms with van der Waals surface area (Å²) in [5, 5.41) is 46.9. The van der Waals surface area contributed by atoms with Crippen molar-refractivity contribution < 1.29 is 43.7 Å². The average molecular weight is 687 g/mol. The summed E-state index contributed by atoms with van der Waals surface area (Å²) in [5.74, 6) is 0. The van der Waals surface area contributed by atoms with E-state index in [2.05, 4.69) is 126 Å². The van der Waals surface area contributed by atoms with E-state index in [1.807, 2.05) is 0 Å². The molecule has 264 valence electrons. The van der Waals surface area contributed by atoms with Crippen LogP contribution in [-0.4, -0.2) is 50.0 Å². The first-order valence-corrected chi connectivity index (χ1v) is 18.1. The van der Waals surface area contributed by atoms with E-state index in [1.54, 1.807) is 0 Å². The highest BCUT2D eigenvalue weighted by Gasteiger charge is 2.57. The van der Waals surface area contributed by atoms with Gasteiger partial charge in [-0.2, -0.15) is 0 Å².